The predicted molar refractivity (Wildman–Crippen MR) is 74.6 cm³/mol. The van der Waals surface area contributed by atoms with E-state index >= 15 is 0 Å². The first-order chi connectivity index (χ1) is 9.29. The summed E-state index contributed by atoms with van der Waals surface area (Å²) in [5.74, 6) is 1.72. The van der Waals surface area contributed by atoms with Crippen molar-refractivity contribution >= 4 is 0 Å². The van der Waals surface area contributed by atoms with Crippen molar-refractivity contribution in [3.8, 4) is 6.07 Å². The van der Waals surface area contributed by atoms with Gasteiger partial charge in [-0.15, -0.1) is 0 Å². The van der Waals surface area contributed by atoms with Gasteiger partial charge in [-0.25, -0.2) is 0 Å². The van der Waals surface area contributed by atoms with Crippen molar-refractivity contribution in [2.45, 2.75) is 25.8 Å². The first-order valence-electron chi connectivity index (χ1n) is 6.54. The predicted octanol–water partition coefficient (Wildman–Crippen LogP) is 3.43. The SMILES string of the molecule is CC(CCNCc1ccc(C#N)o1)c1ccccc1. The first-order valence-corrected chi connectivity index (χ1v) is 6.54. The van der Waals surface area contributed by atoms with Gasteiger partial charge in [-0.05, 0) is 36.6 Å². The minimum Gasteiger partial charge on any atom is -0.449 e. The highest BCUT2D eigenvalue weighted by Crippen LogP contribution is 2.17. The second-order valence-corrected chi connectivity index (χ2v) is 4.65. The van der Waals surface area contributed by atoms with Gasteiger partial charge in [-0.2, -0.15) is 5.26 Å². The third-order valence-corrected chi connectivity index (χ3v) is 3.19. The fourth-order valence-electron chi connectivity index (χ4n) is 2.01. The standard InChI is InChI=1S/C16H18N2O/c1-13(14-5-3-2-4-6-14)9-10-18-12-16-8-7-15(11-17)19-16/h2-8,13,18H,9-10,12H2,1H3. The lowest BCUT2D eigenvalue weighted by atomic mass is 9.98. The maximum Gasteiger partial charge on any atom is 0.203 e. The van der Waals surface area contributed by atoms with Crippen molar-refractivity contribution in [1.29, 1.82) is 5.26 Å². The molecular weight excluding hydrogens is 236 g/mol. The van der Waals surface area contributed by atoms with E-state index in [-0.39, 0.29) is 0 Å². The summed E-state index contributed by atoms with van der Waals surface area (Å²) in [7, 11) is 0. The molecule has 2 rings (SSSR count). The molecule has 2 aromatic rings. The zero-order valence-electron chi connectivity index (χ0n) is 11.1. The largest absolute Gasteiger partial charge is 0.449 e. The second kappa shape index (κ2) is 6.77. The summed E-state index contributed by atoms with van der Waals surface area (Å²) in [5, 5.41) is 12.0. The summed E-state index contributed by atoms with van der Waals surface area (Å²) in [5.41, 5.74) is 1.37. The quantitative estimate of drug-likeness (QED) is 0.803. The molecule has 0 spiro atoms. The number of hydrogen-bond donors (Lipinski definition) is 1. The topological polar surface area (TPSA) is 49.0 Å². The van der Waals surface area contributed by atoms with Crippen LogP contribution in [0.2, 0.25) is 0 Å². The number of hydrogen-bond acceptors (Lipinski definition) is 3. The molecule has 1 atom stereocenters. The average Bonchev–Trinajstić information content (AvgIpc) is 2.92. The smallest absolute Gasteiger partial charge is 0.203 e. The third kappa shape index (κ3) is 3.97. The van der Waals surface area contributed by atoms with E-state index in [0.717, 1.165) is 18.7 Å². The summed E-state index contributed by atoms with van der Waals surface area (Å²) in [6.07, 6.45) is 1.08. The lowest BCUT2D eigenvalue weighted by Crippen LogP contribution is -2.16. The summed E-state index contributed by atoms with van der Waals surface area (Å²) < 4.78 is 5.30. The van der Waals surface area contributed by atoms with E-state index in [9.17, 15) is 0 Å². The number of rotatable bonds is 6. The van der Waals surface area contributed by atoms with Crippen LogP contribution in [0.4, 0.5) is 0 Å². The molecule has 1 heterocycles. The highest BCUT2D eigenvalue weighted by Gasteiger charge is 2.05. The Hall–Kier alpha value is -2.05. The molecule has 19 heavy (non-hydrogen) atoms. The Morgan fingerprint density at radius 3 is 2.68 bits per heavy atom. The van der Waals surface area contributed by atoms with Gasteiger partial charge in [-0.3, -0.25) is 0 Å². The molecule has 1 aromatic heterocycles. The van der Waals surface area contributed by atoms with Crippen LogP contribution in [0.5, 0.6) is 0 Å². The Labute approximate surface area is 113 Å². The van der Waals surface area contributed by atoms with Crippen LogP contribution >= 0.6 is 0 Å². The molecule has 0 bridgehead atoms. The second-order valence-electron chi connectivity index (χ2n) is 4.65. The van der Waals surface area contributed by atoms with Gasteiger partial charge >= 0.3 is 0 Å². The number of nitrogens with zero attached hydrogens (tertiary/aromatic N) is 1. The molecule has 0 aliphatic carbocycles. The third-order valence-electron chi connectivity index (χ3n) is 3.19. The van der Waals surface area contributed by atoms with Gasteiger partial charge in [0.15, 0.2) is 0 Å². The van der Waals surface area contributed by atoms with Crippen LogP contribution in [0.1, 0.15) is 36.3 Å². The van der Waals surface area contributed by atoms with Gasteiger partial charge in [0, 0.05) is 0 Å². The van der Waals surface area contributed by atoms with Crippen LogP contribution in [-0.4, -0.2) is 6.54 Å². The van der Waals surface area contributed by atoms with E-state index in [1.54, 1.807) is 6.07 Å². The minimum atomic E-state index is 0.370. The summed E-state index contributed by atoms with van der Waals surface area (Å²) in [4.78, 5) is 0. The van der Waals surface area contributed by atoms with E-state index < -0.39 is 0 Å². The van der Waals surface area contributed by atoms with Gasteiger partial charge in [-0.1, -0.05) is 37.3 Å². The van der Waals surface area contributed by atoms with Crippen LogP contribution in [-0.2, 0) is 6.54 Å². The van der Waals surface area contributed by atoms with E-state index in [4.69, 9.17) is 9.68 Å². The molecular formula is C16H18N2O. The van der Waals surface area contributed by atoms with Crippen molar-refractivity contribution in [2.75, 3.05) is 6.54 Å². The fraction of sp³-hybridized carbons (Fsp3) is 0.312. The van der Waals surface area contributed by atoms with Gasteiger partial charge in [0.05, 0.1) is 6.54 Å². The Morgan fingerprint density at radius 2 is 2.00 bits per heavy atom. The van der Waals surface area contributed by atoms with Crippen molar-refractivity contribution < 1.29 is 4.42 Å². The number of nitriles is 1. The van der Waals surface area contributed by atoms with E-state index in [1.165, 1.54) is 5.56 Å². The molecule has 0 saturated carbocycles. The normalized spacial score (nSPS) is 12.0. The van der Waals surface area contributed by atoms with E-state index in [1.807, 2.05) is 18.2 Å². The lowest BCUT2D eigenvalue weighted by Gasteiger charge is -2.11. The molecule has 1 aromatic carbocycles. The summed E-state index contributed by atoms with van der Waals surface area (Å²) in [6.45, 7) is 3.83. The van der Waals surface area contributed by atoms with Crippen LogP contribution in [0, 0.1) is 11.3 Å². The molecule has 3 heteroatoms. The Morgan fingerprint density at radius 1 is 1.21 bits per heavy atom. The summed E-state index contributed by atoms with van der Waals surface area (Å²) >= 11 is 0. The zero-order chi connectivity index (χ0) is 13.5. The highest BCUT2D eigenvalue weighted by atomic mass is 16.3. The van der Waals surface area contributed by atoms with Crippen LogP contribution in [0.3, 0.4) is 0 Å². The van der Waals surface area contributed by atoms with Gasteiger partial charge in [0.25, 0.3) is 0 Å². The molecule has 0 radical (unpaired) electrons. The molecule has 1 N–H and O–H groups in total. The molecule has 98 valence electrons. The molecule has 0 amide bonds. The molecule has 0 aliphatic rings. The van der Waals surface area contributed by atoms with Crippen molar-refractivity contribution in [1.82, 2.24) is 5.32 Å². The number of benzene rings is 1. The van der Waals surface area contributed by atoms with Crippen LogP contribution in [0.25, 0.3) is 0 Å². The molecule has 0 fully saturated rings. The maximum atomic E-state index is 8.66. The average molecular weight is 254 g/mol. The summed E-state index contributed by atoms with van der Waals surface area (Å²) in [6, 6.07) is 16.0. The Kier molecular flexibility index (Phi) is 4.77. The number of nitrogens with one attached hydrogen (secondary N) is 1. The van der Waals surface area contributed by atoms with Gasteiger partial charge < -0.3 is 9.73 Å². The zero-order valence-corrected chi connectivity index (χ0v) is 11.1. The van der Waals surface area contributed by atoms with Crippen LogP contribution in [0.15, 0.2) is 46.9 Å². The Bertz CT molecular complexity index is 539. The molecule has 1 unspecified atom stereocenters. The highest BCUT2D eigenvalue weighted by molar-refractivity contribution is 5.19. The van der Waals surface area contributed by atoms with Crippen molar-refractivity contribution in [2.24, 2.45) is 0 Å². The number of furan rings is 1. The lowest BCUT2D eigenvalue weighted by molar-refractivity contribution is 0.468. The molecule has 0 aliphatic heterocycles. The monoisotopic (exact) mass is 254 g/mol. The fourth-order valence-corrected chi connectivity index (χ4v) is 2.01. The first kappa shape index (κ1) is 13.4. The van der Waals surface area contributed by atoms with Crippen LogP contribution < -0.4 is 5.32 Å². The molecule has 0 saturated heterocycles. The minimum absolute atomic E-state index is 0.370. The van der Waals surface area contributed by atoms with Crippen molar-refractivity contribution in [3.05, 3.63) is 59.5 Å². The van der Waals surface area contributed by atoms with E-state index in [0.29, 0.717) is 18.2 Å². The Balaban J connectivity index is 1.71. The van der Waals surface area contributed by atoms with Crippen molar-refractivity contribution in [3.63, 3.8) is 0 Å². The molecule has 3 nitrogen and oxygen atoms in total. The van der Waals surface area contributed by atoms with E-state index in [2.05, 4.69) is 36.5 Å². The van der Waals surface area contributed by atoms with Gasteiger partial charge in [0.1, 0.15) is 11.8 Å². The maximum absolute atomic E-state index is 8.66. The van der Waals surface area contributed by atoms with Gasteiger partial charge in [0.2, 0.25) is 5.76 Å².